The van der Waals surface area contributed by atoms with Crippen LogP contribution in [0.4, 0.5) is 0 Å². The highest BCUT2D eigenvalue weighted by Gasteiger charge is 2.06. The van der Waals surface area contributed by atoms with Crippen molar-refractivity contribution in [3.8, 4) is 0 Å². The molecule has 0 heterocycles. The lowest BCUT2D eigenvalue weighted by molar-refractivity contribution is -0.146. The van der Waals surface area contributed by atoms with E-state index in [0.717, 1.165) is 31.3 Å². The summed E-state index contributed by atoms with van der Waals surface area (Å²) >= 11 is 0. The first-order chi connectivity index (χ1) is 10.8. The van der Waals surface area contributed by atoms with Gasteiger partial charge in [0, 0.05) is 0 Å². The minimum absolute atomic E-state index is 0.157. The van der Waals surface area contributed by atoms with Gasteiger partial charge in [-0.05, 0) is 53.4 Å². The maximum absolute atomic E-state index is 11.4. The van der Waals surface area contributed by atoms with E-state index in [1.165, 1.54) is 11.1 Å². The number of allylic oxidation sites excluding steroid dienone is 5. The van der Waals surface area contributed by atoms with E-state index in [0.29, 0.717) is 0 Å². The molecule has 0 aliphatic heterocycles. The average Bonchev–Trinajstić information content (AvgIpc) is 2.50. The normalized spacial score (nSPS) is 13.7. The number of aliphatic hydroxyl groups excluding tert-OH is 2. The lowest BCUT2D eigenvalue weighted by Crippen LogP contribution is -2.21. The molecular formula is C19H32O4. The first-order valence-corrected chi connectivity index (χ1v) is 8.24. The van der Waals surface area contributed by atoms with Gasteiger partial charge in [-0.25, -0.2) is 0 Å². The Morgan fingerprint density at radius 2 is 1.57 bits per heavy atom. The second-order valence-electron chi connectivity index (χ2n) is 6.18. The summed E-state index contributed by atoms with van der Waals surface area (Å²) in [6, 6.07) is 0. The Morgan fingerprint density at radius 1 is 1.00 bits per heavy atom. The Kier molecular flexibility index (Phi) is 12.3. The molecule has 0 aromatic heterocycles. The van der Waals surface area contributed by atoms with E-state index in [2.05, 4.69) is 32.9 Å². The predicted octanol–water partition coefficient (Wildman–Crippen LogP) is 3.69. The standard InChI is InChI=1S/C19H32O4/c1-15(2)7-5-8-16(3)9-6-10-17(4)11-12-19(22)23-14-18(21)13-20/h7,9,11,18,20-21H,5-6,8,10,12-14H2,1-4H3/b16-9+,17-11+. The van der Waals surface area contributed by atoms with Crippen LogP contribution < -0.4 is 0 Å². The van der Waals surface area contributed by atoms with Crippen LogP contribution in [0, 0.1) is 0 Å². The highest BCUT2D eigenvalue weighted by atomic mass is 16.5. The van der Waals surface area contributed by atoms with Crippen LogP contribution >= 0.6 is 0 Å². The van der Waals surface area contributed by atoms with Gasteiger partial charge in [-0.1, -0.05) is 34.9 Å². The average molecular weight is 324 g/mol. The molecule has 0 aromatic rings. The monoisotopic (exact) mass is 324 g/mol. The second kappa shape index (κ2) is 13.1. The smallest absolute Gasteiger partial charge is 0.309 e. The third kappa shape index (κ3) is 14.0. The summed E-state index contributed by atoms with van der Waals surface area (Å²) in [7, 11) is 0. The predicted molar refractivity (Wildman–Crippen MR) is 94.1 cm³/mol. The van der Waals surface area contributed by atoms with Gasteiger partial charge >= 0.3 is 5.97 Å². The summed E-state index contributed by atoms with van der Waals surface area (Å²) in [6.07, 6.45) is 9.65. The maximum Gasteiger partial charge on any atom is 0.309 e. The lowest BCUT2D eigenvalue weighted by Gasteiger charge is -2.07. The molecule has 0 radical (unpaired) electrons. The third-order valence-electron chi connectivity index (χ3n) is 3.39. The molecule has 132 valence electrons. The number of carbonyl (C=O) groups is 1. The van der Waals surface area contributed by atoms with E-state index in [4.69, 9.17) is 14.9 Å². The first kappa shape index (κ1) is 21.6. The molecule has 0 amide bonds. The van der Waals surface area contributed by atoms with Crippen LogP contribution in [-0.2, 0) is 9.53 Å². The van der Waals surface area contributed by atoms with Crippen molar-refractivity contribution in [3.63, 3.8) is 0 Å². The topological polar surface area (TPSA) is 66.8 Å². The van der Waals surface area contributed by atoms with Crippen LogP contribution in [0.1, 0.15) is 59.8 Å². The summed E-state index contributed by atoms with van der Waals surface area (Å²) in [4.78, 5) is 11.4. The molecule has 0 aliphatic carbocycles. The van der Waals surface area contributed by atoms with Crippen molar-refractivity contribution in [2.75, 3.05) is 13.2 Å². The molecule has 1 atom stereocenters. The van der Waals surface area contributed by atoms with Gasteiger partial charge in [0.15, 0.2) is 0 Å². The molecule has 0 spiro atoms. The van der Waals surface area contributed by atoms with Gasteiger partial charge in [0.1, 0.15) is 12.7 Å². The van der Waals surface area contributed by atoms with E-state index in [1.807, 2.05) is 13.0 Å². The fourth-order valence-electron chi connectivity index (χ4n) is 1.90. The van der Waals surface area contributed by atoms with E-state index in [-0.39, 0.29) is 19.0 Å². The van der Waals surface area contributed by atoms with Crippen LogP contribution in [-0.4, -0.2) is 35.5 Å². The van der Waals surface area contributed by atoms with E-state index in [9.17, 15) is 4.79 Å². The van der Waals surface area contributed by atoms with E-state index >= 15 is 0 Å². The van der Waals surface area contributed by atoms with Crippen molar-refractivity contribution in [3.05, 3.63) is 34.9 Å². The summed E-state index contributed by atoms with van der Waals surface area (Å²) in [5, 5.41) is 17.7. The van der Waals surface area contributed by atoms with Crippen LogP contribution in [0.3, 0.4) is 0 Å². The zero-order valence-corrected chi connectivity index (χ0v) is 15.0. The van der Waals surface area contributed by atoms with Gasteiger partial charge in [0.25, 0.3) is 0 Å². The molecular weight excluding hydrogens is 292 g/mol. The van der Waals surface area contributed by atoms with Crippen molar-refractivity contribution < 1.29 is 19.7 Å². The Hall–Kier alpha value is -1.39. The zero-order valence-electron chi connectivity index (χ0n) is 15.0. The largest absolute Gasteiger partial charge is 0.463 e. The Labute approximate surface area is 140 Å². The molecule has 4 nitrogen and oxygen atoms in total. The number of rotatable bonds is 11. The van der Waals surface area contributed by atoms with Gasteiger partial charge in [-0.3, -0.25) is 4.79 Å². The van der Waals surface area contributed by atoms with E-state index in [1.54, 1.807) is 0 Å². The highest BCUT2D eigenvalue weighted by molar-refractivity contribution is 5.71. The summed E-state index contributed by atoms with van der Waals surface area (Å²) in [6.45, 7) is 7.83. The van der Waals surface area contributed by atoms with Gasteiger partial charge in [-0.2, -0.15) is 0 Å². The third-order valence-corrected chi connectivity index (χ3v) is 3.39. The summed E-state index contributed by atoms with van der Waals surface area (Å²) in [5.74, 6) is -0.384. The molecule has 0 saturated heterocycles. The van der Waals surface area contributed by atoms with Crippen molar-refractivity contribution in [1.29, 1.82) is 0 Å². The van der Waals surface area contributed by atoms with Crippen molar-refractivity contribution in [1.82, 2.24) is 0 Å². The van der Waals surface area contributed by atoms with Crippen LogP contribution in [0.25, 0.3) is 0 Å². The van der Waals surface area contributed by atoms with Gasteiger partial charge < -0.3 is 14.9 Å². The van der Waals surface area contributed by atoms with Crippen LogP contribution in [0.2, 0.25) is 0 Å². The Morgan fingerprint density at radius 3 is 2.13 bits per heavy atom. The molecule has 1 unspecified atom stereocenters. The molecule has 0 bridgehead atoms. The summed E-state index contributed by atoms with van der Waals surface area (Å²) in [5.41, 5.74) is 3.90. The molecule has 0 saturated carbocycles. The van der Waals surface area contributed by atoms with Gasteiger partial charge in [-0.15, -0.1) is 0 Å². The first-order valence-electron chi connectivity index (χ1n) is 8.24. The number of ether oxygens (including phenoxy) is 1. The van der Waals surface area contributed by atoms with Gasteiger partial charge in [0.2, 0.25) is 0 Å². The quantitative estimate of drug-likeness (QED) is 0.449. The fourth-order valence-corrected chi connectivity index (χ4v) is 1.90. The van der Waals surface area contributed by atoms with Crippen LogP contribution in [0.5, 0.6) is 0 Å². The van der Waals surface area contributed by atoms with E-state index < -0.39 is 12.7 Å². The maximum atomic E-state index is 11.4. The second-order valence-corrected chi connectivity index (χ2v) is 6.18. The number of hydrogen-bond acceptors (Lipinski definition) is 4. The summed E-state index contributed by atoms with van der Waals surface area (Å²) < 4.78 is 4.84. The molecule has 0 aromatic carbocycles. The molecule has 4 heteroatoms. The molecule has 0 fully saturated rings. The lowest BCUT2D eigenvalue weighted by atomic mass is 10.1. The Bertz CT molecular complexity index is 429. The SMILES string of the molecule is CC(C)=CCC/C(C)=C/CC/C(C)=C/CC(=O)OCC(O)CO. The van der Waals surface area contributed by atoms with Crippen LogP contribution in [0.15, 0.2) is 34.9 Å². The van der Waals surface area contributed by atoms with Crippen molar-refractivity contribution >= 4 is 5.97 Å². The Balaban J connectivity index is 3.97. The van der Waals surface area contributed by atoms with Crippen molar-refractivity contribution in [2.45, 2.75) is 65.9 Å². The number of aliphatic hydroxyl groups is 2. The molecule has 2 N–H and O–H groups in total. The molecule has 0 aliphatic rings. The number of esters is 1. The fraction of sp³-hybridized carbons (Fsp3) is 0.632. The van der Waals surface area contributed by atoms with Gasteiger partial charge in [0.05, 0.1) is 13.0 Å². The van der Waals surface area contributed by atoms with Crippen molar-refractivity contribution in [2.24, 2.45) is 0 Å². The number of carbonyl (C=O) groups excluding carboxylic acids is 1. The minimum atomic E-state index is -0.997. The zero-order chi connectivity index (χ0) is 17.7. The minimum Gasteiger partial charge on any atom is -0.463 e. The molecule has 0 rings (SSSR count). The number of hydrogen-bond donors (Lipinski definition) is 2. The highest BCUT2D eigenvalue weighted by Crippen LogP contribution is 2.12. The molecule has 23 heavy (non-hydrogen) atoms.